The first-order chi connectivity index (χ1) is 24.9. The zero-order chi connectivity index (χ0) is 37.3. The quantitative estimate of drug-likeness (QED) is 0.0513. The van der Waals surface area contributed by atoms with Crippen LogP contribution >= 0.6 is 0 Å². The molecule has 0 spiro atoms. The van der Waals surface area contributed by atoms with E-state index in [0.29, 0.717) is 23.5 Å². The van der Waals surface area contributed by atoms with Crippen LogP contribution in [0, 0.1) is 0 Å². The number of carbonyl (C=O) groups excluding carboxylic acids is 2. The maximum atomic E-state index is 13.6. The second-order valence-corrected chi connectivity index (χ2v) is 11.4. The molecule has 0 fully saturated rings. The maximum absolute atomic E-state index is 13.6. The van der Waals surface area contributed by atoms with Crippen LogP contribution in [0.4, 0.5) is 4.79 Å². The van der Waals surface area contributed by atoms with Crippen molar-refractivity contribution in [3.05, 3.63) is 77.9 Å². The van der Waals surface area contributed by atoms with Gasteiger partial charge in [0.05, 0.1) is 47.1 Å². The number of hydrogen-bond acceptors (Lipinski definition) is 18. The summed E-state index contributed by atoms with van der Waals surface area (Å²) in [5.74, 6) is -2.16. The second-order valence-electron chi connectivity index (χ2n) is 11.4. The number of carbonyl (C=O) groups is 2. The predicted octanol–water partition coefficient (Wildman–Crippen LogP) is 4.16. The summed E-state index contributed by atoms with van der Waals surface area (Å²) < 4.78 is 23.4. The number of rotatable bonds is 17. The van der Waals surface area contributed by atoms with E-state index in [4.69, 9.17) is 39.8 Å². The summed E-state index contributed by atoms with van der Waals surface area (Å²) in [5, 5.41) is 48.3. The van der Waals surface area contributed by atoms with Gasteiger partial charge in [0.15, 0.2) is 0 Å². The molecule has 0 radical (unpaired) electrons. The van der Waals surface area contributed by atoms with Crippen LogP contribution in [0.15, 0.2) is 66.7 Å². The van der Waals surface area contributed by atoms with Crippen LogP contribution in [0.2, 0.25) is 0 Å². The lowest BCUT2D eigenvalue weighted by Crippen LogP contribution is -2.35. The number of aromatic amines is 1. The third-order valence-corrected chi connectivity index (χ3v) is 7.29. The molecule has 276 valence electrons. The van der Waals surface area contributed by atoms with Gasteiger partial charge >= 0.3 is 12.1 Å². The molecule has 20 nitrogen and oxygen atoms in total. The van der Waals surface area contributed by atoms with Gasteiger partial charge in [0.1, 0.15) is 12.7 Å². The van der Waals surface area contributed by atoms with Crippen LogP contribution in [0.5, 0.6) is 6.01 Å². The zero-order valence-corrected chi connectivity index (χ0v) is 28.1. The van der Waals surface area contributed by atoms with Crippen LogP contribution in [0.1, 0.15) is 43.1 Å². The van der Waals surface area contributed by atoms with Crippen LogP contribution in [-0.2, 0) is 30.4 Å². The largest absolute Gasteiger partial charge is 0.511 e. The number of tetrazole rings is 1. The SMILES string of the molecule is CCOc1nc2cccc(C(=O)OC(C)(C)OC(=O)OCC[C@@H](CON(O)O)ON(O)O)c2n1Cc1ccc(-c2ccccc2-c2nn[nH]n2)cc1. The average Bonchev–Trinajstić information content (AvgIpc) is 3.76. The molecule has 0 saturated heterocycles. The molecule has 1 atom stereocenters. The minimum atomic E-state index is -1.81. The van der Waals surface area contributed by atoms with E-state index in [9.17, 15) is 9.59 Å². The number of aromatic nitrogens is 6. The average molecular weight is 725 g/mol. The Hall–Kier alpha value is -5.58. The monoisotopic (exact) mass is 724 g/mol. The van der Waals surface area contributed by atoms with Crippen molar-refractivity contribution in [1.29, 1.82) is 0 Å². The molecule has 0 aliphatic carbocycles. The molecule has 0 unspecified atom stereocenters. The van der Waals surface area contributed by atoms with E-state index < -0.39 is 48.0 Å². The Labute approximate surface area is 295 Å². The fourth-order valence-corrected chi connectivity index (χ4v) is 5.15. The van der Waals surface area contributed by atoms with E-state index in [-0.39, 0.29) is 24.5 Å². The minimum Gasteiger partial charge on any atom is -0.465 e. The lowest BCUT2D eigenvalue weighted by Gasteiger charge is -2.25. The molecular formula is C32H36N8O12. The summed E-state index contributed by atoms with van der Waals surface area (Å²) in [6, 6.07) is 20.7. The van der Waals surface area contributed by atoms with E-state index in [2.05, 4.69) is 35.3 Å². The van der Waals surface area contributed by atoms with E-state index in [1.165, 1.54) is 13.8 Å². The zero-order valence-electron chi connectivity index (χ0n) is 28.1. The molecule has 0 aliphatic heterocycles. The fourth-order valence-electron chi connectivity index (χ4n) is 5.15. The first-order valence-corrected chi connectivity index (χ1v) is 15.7. The van der Waals surface area contributed by atoms with Gasteiger partial charge in [-0.3, -0.25) is 25.4 Å². The summed E-state index contributed by atoms with van der Waals surface area (Å²) in [4.78, 5) is 39.6. The van der Waals surface area contributed by atoms with Crippen LogP contribution in [0.25, 0.3) is 33.5 Å². The lowest BCUT2D eigenvalue weighted by atomic mass is 9.98. The highest BCUT2D eigenvalue weighted by atomic mass is 17.1. The van der Waals surface area contributed by atoms with Crippen LogP contribution in [-0.4, -0.2) is 106 Å². The van der Waals surface area contributed by atoms with Gasteiger partial charge in [-0.15, -0.1) is 10.2 Å². The van der Waals surface area contributed by atoms with Crippen molar-refractivity contribution in [2.75, 3.05) is 19.8 Å². The molecule has 20 heteroatoms. The third-order valence-electron chi connectivity index (χ3n) is 7.29. The summed E-state index contributed by atoms with van der Waals surface area (Å²) in [7, 11) is 0. The van der Waals surface area contributed by atoms with Gasteiger partial charge in [-0.25, -0.2) is 19.3 Å². The van der Waals surface area contributed by atoms with Crippen molar-refractivity contribution in [1.82, 2.24) is 41.0 Å². The molecule has 5 aromatic rings. The number of fused-ring (bicyclic) bond motifs is 1. The van der Waals surface area contributed by atoms with Crippen molar-refractivity contribution in [2.24, 2.45) is 0 Å². The Bertz CT molecular complexity index is 1930. The molecule has 2 heterocycles. The van der Waals surface area contributed by atoms with E-state index in [0.717, 1.165) is 22.3 Å². The maximum Gasteiger partial charge on any atom is 0.511 e. The fraction of sp³-hybridized carbons (Fsp3) is 0.312. The molecule has 3 aromatic carbocycles. The number of nitrogens with zero attached hydrogens (tertiary/aromatic N) is 7. The molecule has 0 saturated carbocycles. The molecule has 2 aromatic heterocycles. The Balaban J connectivity index is 1.30. The molecule has 5 N–H and O–H groups in total. The molecule has 0 bridgehead atoms. The number of benzene rings is 3. The smallest absolute Gasteiger partial charge is 0.465 e. The highest BCUT2D eigenvalue weighted by molar-refractivity contribution is 6.02. The molecule has 0 amide bonds. The van der Waals surface area contributed by atoms with E-state index in [1.54, 1.807) is 22.8 Å². The number of esters is 1. The standard InChI is InChI=1S/C32H36N8O12/c1-4-47-30-33-26-11-7-10-25(29(41)50-32(2,3)51-31(42)48-17-16-22(52-40(45)46)19-49-39(43)44)27(26)38(30)18-20-12-14-21(15-13-20)23-8-5-6-9-24(23)28-34-36-37-35-28/h5-15,22,43-46H,4,16-19H2,1-3H3,(H,34,35,36,37)/t22-/m0/s1. The Kier molecular flexibility index (Phi) is 12.4. The third kappa shape index (κ3) is 9.80. The second kappa shape index (κ2) is 17.1. The highest BCUT2D eigenvalue weighted by Crippen LogP contribution is 2.31. The number of nitrogens with one attached hydrogen (secondary N) is 1. The van der Waals surface area contributed by atoms with E-state index in [1.807, 2.05) is 55.5 Å². The highest BCUT2D eigenvalue weighted by Gasteiger charge is 2.31. The van der Waals surface area contributed by atoms with Gasteiger partial charge in [-0.2, -0.15) is 10.2 Å². The summed E-state index contributed by atoms with van der Waals surface area (Å²) >= 11 is 0. The first-order valence-electron chi connectivity index (χ1n) is 15.7. The van der Waals surface area contributed by atoms with Crippen molar-refractivity contribution >= 4 is 23.2 Å². The topological polar surface area (TPSA) is 249 Å². The Morgan fingerprint density at radius 1 is 0.942 bits per heavy atom. The molecular weight excluding hydrogens is 688 g/mol. The van der Waals surface area contributed by atoms with Crippen LogP contribution in [0.3, 0.4) is 0 Å². The number of para-hydroxylation sites is 1. The Morgan fingerprint density at radius 3 is 2.37 bits per heavy atom. The molecule has 0 aliphatic rings. The van der Waals surface area contributed by atoms with Gasteiger partial charge < -0.3 is 18.9 Å². The molecule has 52 heavy (non-hydrogen) atoms. The summed E-state index contributed by atoms with van der Waals surface area (Å²) in [6.45, 7) is 4.12. The van der Waals surface area contributed by atoms with Crippen molar-refractivity contribution in [2.45, 2.75) is 45.6 Å². The lowest BCUT2D eigenvalue weighted by molar-refractivity contribution is -0.527. The number of H-pyrrole nitrogens is 1. The van der Waals surface area contributed by atoms with Crippen LogP contribution < -0.4 is 4.74 Å². The van der Waals surface area contributed by atoms with Crippen molar-refractivity contribution in [3.63, 3.8) is 0 Å². The first kappa shape index (κ1) is 37.7. The summed E-state index contributed by atoms with van der Waals surface area (Å²) in [5.41, 5.74) is 4.57. The number of hydrogen-bond donors (Lipinski definition) is 5. The van der Waals surface area contributed by atoms with Gasteiger partial charge in [-0.05, 0) is 41.0 Å². The Morgan fingerprint density at radius 2 is 1.69 bits per heavy atom. The normalized spacial score (nSPS) is 12.3. The van der Waals surface area contributed by atoms with Gasteiger partial charge in [0.25, 0.3) is 11.8 Å². The summed E-state index contributed by atoms with van der Waals surface area (Å²) in [6.07, 6.45) is -2.62. The van der Waals surface area contributed by atoms with Gasteiger partial charge in [0.2, 0.25) is 5.82 Å². The molecule has 5 rings (SSSR count). The number of ether oxygens (including phenoxy) is 4. The van der Waals surface area contributed by atoms with E-state index >= 15 is 0 Å². The van der Waals surface area contributed by atoms with Crippen molar-refractivity contribution < 1.29 is 59.0 Å². The van der Waals surface area contributed by atoms with Crippen molar-refractivity contribution in [3.8, 4) is 28.5 Å². The predicted molar refractivity (Wildman–Crippen MR) is 173 cm³/mol. The van der Waals surface area contributed by atoms with Gasteiger partial charge in [-0.1, -0.05) is 54.6 Å². The van der Waals surface area contributed by atoms with Gasteiger partial charge in [0, 0.05) is 25.8 Å². The number of imidazole rings is 1. The minimum absolute atomic E-state index is 0.131.